The molecule has 2 aliphatic rings. The van der Waals surface area contributed by atoms with Gasteiger partial charge in [-0.15, -0.1) is 5.10 Å². The van der Waals surface area contributed by atoms with Crippen molar-refractivity contribution in [2.75, 3.05) is 0 Å². The number of aryl methyl sites for hydroxylation is 2. The summed E-state index contributed by atoms with van der Waals surface area (Å²) < 4.78 is 7.43. The van der Waals surface area contributed by atoms with Crippen molar-refractivity contribution in [3.05, 3.63) is 40.7 Å². The van der Waals surface area contributed by atoms with Crippen LogP contribution in [-0.4, -0.2) is 26.2 Å². The fraction of sp³-hybridized carbons (Fsp3) is 0.556. The maximum absolute atomic E-state index is 12.9. The van der Waals surface area contributed by atoms with Crippen LogP contribution in [0.15, 0.2) is 18.2 Å². The summed E-state index contributed by atoms with van der Waals surface area (Å²) in [6.45, 7) is 4.28. The van der Waals surface area contributed by atoms with Crippen molar-refractivity contribution in [2.45, 2.75) is 64.0 Å². The van der Waals surface area contributed by atoms with Crippen molar-refractivity contribution in [3.8, 4) is 0 Å². The number of rotatable bonds is 5. The van der Waals surface area contributed by atoms with Gasteiger partial charge in [0.15, 0.2) is 12.4 Å². The van der Waals surface area contributed by atoms with Crippen molar-refractivity contribution >= 4 is 5.97 Å². The largest absolute Gasteiger partial charge is 0.457 e. The third-order valence-corrected chi connectivity index (χ3v) is 5.16. The Balaban J connectivity index is 1.52. The highest BCUT2D eigenvalue weighted by molar-refractivity contribution is 5.84. The van der Waals surface area contributed by atoms with E-state index in [0.717, 1.165) is 37.7 Å². The van der Waals surface area contributed by atoms with E-state index in [9.17, 15) is 4.79 Å². The summed E-state index contributed by atoms with van der Waals surface area (Å²) in [4.78, 5) is 12.9. The van der Waals surface area contributed by atoms with Gasteiger partial charge in [0.2, 0.25) is 0 Å². The maximum Gasteiger partial charge on any atom is 0.317 e. The minimum Gasteiger partial charge on any atom is -0.457 e. The lowest BCUT2D eigenvalue weighted by Gasteiger charge is -2.40. The van der Waals surface area contributed by atoms with E-state index in [1.54, 1.807) is 4.68 Å². The van der Waals surface area contributed by atoms with Crippen LogP contribution in [0.4, 0.5) is 0 Å². The number of aromatic nitrogens is 4. The van der Waals surface area contributed by atoms with Gasteiger partial charge in [-0.1, -0.05) is 35.7 Å². The third-order valence-electron chi connectivity index (χ3n) is 5.16. The maximum atomic E-state index is 12.9. The average molecular weight is 326 g/mol. The molecule has 2 aliphatic carbocycles. The van der Waals surface area contributed by atoms with Crippen LogP contribution in [-0.2, 0) is 21.6 Å². The first-order valence-corrected chi connectivity index (χ1v) is 8.61. The quantitative estimate of drug-likeness (QED) is 0.790. The van der Waals surface area contributed by atoms with Gasteiger partial charge >= 0.3 is 5.97 Å². The number of ether oxygens (including phenoxy) is 1. The van der Waals surface area contributed by atoms with E-state index in [1.807, 2.05) is 0 Å². The van der Waals surface area contributed by atoms with Crippen molar-refractivity contribution in [2.24, 2.45) is 0 Å². The molecule has 24 heavy (non-hydrogen) atoms. The summed E-state index contributed by atoms with van der Waals surface area (Å²) in [6.07, 6.45) is 4.95. The fourth-order valence-electron chi connectivity index (χ4n) is 3.57. The normalized spacial score (nSPS) is 18.9. The summed E-state index contributed by atoms with van der Waals surface area (Å²) in [5.41, 5.74) is 2.95. The van der Waals surface area contributed by atoms with Gasteiger partial charge in [-0.3, -0.25) is 4.79 Å². The Morgan fingerprint density at radius 1 is 1.25 bits per heavy atom. The Kier molecular flexibility index (Phi) is 3.62. The molecule has 126 valence electrons. The smallest absolute Gasteiger partial charge is 0.317 e. The molecule has 0 spiro atoms. The molecule has 0 aliphatic heterocycles. The van der Waals surface area contributed by atoms with Crippen LogP contribution in [0.3, 0.4) is 0 Å². The third kappa shape index (κ3) is 2.60. The Morgan fingerprint density at radius 3 is 2.54 bits per heavy atom. The fourth-order valence-corrected chi connectivity index (χ4v) is 3.57. The molecule has 1 heterocycles. The predicted molar refractivity (Wildman–Crippen MR) is 87.3 cm³/mol. The minimum absolute atomic E-state index is 0.148. The van der Waals surface area contributed by atoms with Gasteiger partial charge in [0.05, 0.1) is 11.5 Å². The summed E-state index contributed by atoms with van der Waals surface area (Å²) in [5.74, 6) is 0.491. The van der Waals surface area contributed by atoms with Gasteiger partial charge < -0.3 is 4.74 Å². The molecule has 6 heteroatoms. The molecular formula is C18H22N4O2. The molecule has 6 nitrogen and oxygen atoms in total. The lowest BCUT2D eigenvalue weighted by molar-refractivity contribution is -0.156. The number of carbonyl (C=O) groups excluding carboxylic acids is 1. The summed E-state index contributed by atoms with van der Waals surface area (Å²) in [7, 11) is 0. The van der Waals surface area contributed by atoms with E-state index >= 15 is 0 Å². The monoisotopic (exact) mass is 326 g/mol. The highest BCUT2D eigenvalue weighted by Gasteiger charge is 2.47. The molecule has 4 rings (SSSR count). The number of hydrogen-bond acceptors (Lipinski definition) is 5. The van der Waals surface area contributed by atoms with Crippen LogP contribution in [0.5, 0.6) is 0 Å². The van der Waals surface area contributed by atoms with Crippen LogP contribution >= 0.6 is 0 Å². The van der Waals surface area contributed by atoms with Gasteiger partial charge in [0.25, 0.3) is 0 Å². The topological polar surface area (TPSA) is 69.9 Å². The lowest BCUT2D eigenvalue weighted by atomic mass is 9.64. The first kappa shape index (κ1) is 15.3. The van der Waals surface area contributed by atoms with Gasteiger partial charge in [0, 0.05) is 0 Å². The first-order valence-electron chi connectivity index (χ1n) is 8.61. The van der Waals surface area contributed by atoms with Gasteiger partial charge in [0.1, 0.15) is 0 Å². The molecule has 0 saturated heterocycles. The number of tetrazole rings is 1. The Morgan fingerprint density at radius 2 is 1.96 bits per heavy atom. The van der Waals surface area contributed by atoms with Gasteiger partial charge in [-0.2, -0.15) is 0 Å². The Hall–Kier alpha value is -2.24. The zero-order chi connectivity index (χ0) is 16.7. The zero-order valence-electron chi connectivity index (χ0n) is 14.2. The predicted octanol–water partition coefficient (Wildman–Crippen LogP) is 2.79. The SMILES string of the molecule is Cc1cc(C)cc(C2(C(=O)OCc3nnnn3C3CC3)CCC2)c1. The zero-order valence-corrected chi connectivity index (χ0v) is 14.2. The highest BCUT2D eigenvalue weighted by atomic mass is 16.5. The molecule has 0 bridgehead atoms. The van der Waals surface area contributed by atoms with E-state index in [4.69, 9.17) is 4.74 Å². The molecule has 2 saturated carbocycles. The van der Waals surface area contributed by atoms with E-state index in [-0.39, 0.29) is 12.6 Å². The molecule has 1 aromatic heterocycles. The lowest BCUT2D eigenvalue weighted by Crippen LogP contribution is -2.43. The minimum atomic E-state index is -0.491. The van der Waals surface area contributed by atoms with E-state index in [0.29, 0.717) is 11.9 Å². The van der Waals surface area contributed by atoms with Crippen molar-refractivity contribution in [1.29, 1.82) is 0 Å². The second-order valence-corrected chi connectivity index (χ2v) is 7.16. The number of hydrogen-bond donors (Lipinski definition) is 0. The molecule has 0 atom stereocenters. The standard InChI is InChI=1S/C18H22N4O2/c1-12-8-13(2)10-14(9-12)18(6-3-7-18)17(23)24-11-16-19-20-21-22(16)15-4-5-15/h8-10,15H,3-7,11H2,1-2H3. The first-order chi connectivity index (χ1) is 11.6. The molecule has 0 unspecified atom stereocenters. The summed E-state index contributed by atoms with van der Waals surface area (Å²) >= 11 is 0. The molecule has 2 aromatic rings. The highest BCUT2D eigenvalue weighted by Crippen LogP contribution is 2.45. The molecular weight excluding hydrogens is 304 g/mol. The van der Waals surface area contributed by atoms with E-state index in [1.165, 1.54) is 11.1 Å². The second-order valence-electron chi connectivity index (χ2n) is 7.16. The average Bonchev–Trinajstić information content (AvgIpc) is 3.21. The molecule has 0 N–H and O–H groups in total. The van der Waals surface area contributed by atoms with Crippen molar-refractivity contribution in [3.63, 3.8) is 0 Å². The summed E-state index contributed by atoms with van der Waals surface area (Å²) in [5, 5.41) is 11.7. The van der Waals surface area contributed by atoms with Crippen LogP contribution in [0, 0.1) is 13.8 Å². The van der Waals surface area contributed by atoms with Crippen LogP contribution in [0.2, 0.25) is 0 Å². The number of esters is 1. The molecule has 0 amide bonds. The van der Waals surface area contributed by atoms with E-state index in [2.05, 4.69) is 47.6 Å². The molecule has 0 radical (unpaired) electrons. The van der Waals surface area contributed by atoms with Crippen LogP contribution in [0.1, 0.15) is 60.7 Å². The van der Waals surface area contributed by atoms with E-state index < -0.39 is 5.41 Å². The Labute approximate surface area is 141 Å². The molecule has 2 fully saturated rings. The second kappa shape index (κ2) is 5.69. The number of carbonyl (C=O) groups is 1. The number of benzene rings is 1. The van der Waals surface area contributed by atoms with Crippen molar-refractivity contribution in [1.82, 2.24) is 20.2 Å². The van der Waals surface area contributed by atoms with Gasteiger partial charge in [-0.25, -0.2) is 4.68 Å². The molecule has 1 aromatic carbocycles. The Bertz CT molecular complexity index is 755. The van der Waals surface area contributed by atoms with Crippen molar-refractivity contribution < 1.29 is 9.53 Å². The van der Waals surface area contributed by atoms with Crippen LogP contribution in [0.25, 0.3) is 0 Å². The van der Waals surface area contributed by atoms with Crippen LogP contribution < -0.4 is 0 Å². The number of nitrogens with zero attached hydrogens (tertiary/aromatic N) is 4. The summed E-state index contributed by atoms with van der Waals surface area (Å²) in [6, 6.07) is 6.74. The van der Waals surface area contributed by atoms with Gasteiger partial charge in [-0.05, 0) is 55.5 Å².